The number of hydrogen-bond acceptors (Lipinski definition) is 17. The van der Waals surface area contributed by atoms with Crippen LogP contribution in [0.15, 0.2) is 18.3 Å². The number of carbonyl (C=O) groups is 2. The Balaban J connectivity index is 0.803. The molecule has 0 spiro atoms. The summed E-state index contributed by atoms with van der Waals surface area (Å²) >= 11 is 1.94. The van der Waals surface area contributed by atoms with Crippen molar-refractivity contribution in [2.45, 2.75) is 127 Å². The summed E-state index contributed by atoms with van der Waals surface area (Å²) in [6.45, 7) is 15.7. The van der Waals surface area contributed by atoms with Crippen LogP contribution in [0.3, 0.4) is 0 Å². The predicted octanol–water partition coefficient (Wildman–Crippen LogP) is 3.64. The van der Waals surface area contributed by atoms with Crippen molar-refractivity contribution < 1.29 is 38.4 Å². The molecule has 0 aliphatic carbocycles. The number of unbranched alkanes of at least 4 members (excludes halogenated alkanes) is 1. The van der Waals surface area contributed by atoms with Gasteiger partial charge >= 0.3 is 6.09 Å². The van der Waals surface area contributed by atoms with E-state index in [1.807, 2.05) is 50.9 Å². The summed E-state index contributed by atoms with van der Waals surface area (Å²) in [5.41, 5.74) is 0.508. The molecule has 20 heteroatoms. The van der Waals surface area contributed by atoms with Gasteiger partial charge in [-0.1, -0.05) is 11.6 Å². The molecule has 5 atom stereocenters. The quantitative estimate of drug-likeness (QED) is 0.0967. The Morgan fingerprint density at radius 1 is 1.02 bits per heavy atom. The standard InChI is InChI=1S/C43H67N11O8S/c1-41(2,3)62-40(57)53-17-13-29(25-53)45-37-31-23-33(58-6)34(24-32(31)46-38(47-37)52-15-9-10-16-52)61-27-30-26-54(51-50-30)18-20-60-22-21-59-19-14-44-36(55)12-8-7-11-35-43(5)42(4,28-63-35)48-39(56)49-43/h23-24,26,29,35,39,48-49,56H,7-22,25,27-28H2,1-6H3,(H,44,55)(H,45,46,47)/t29-,35+,39?,42+,43-/m1/s1. The van der Waals surface area contributed by atoms with Gasteiger partial charge in [-0.25, -0.2) is 14.5 Å². The third-order valence-electron chi connectivity index (χ3n) is 12.3. The molecular formula is C43H67N11O8S. The molecule has 2 amide bonds. The van der Waals surface area contributed by atoms with Gasteiger partial charge in [-0.05, 0) is 72.8 Å². The SMILES string of the molecule is COc1cc2c(N[C@@H]3CCN(C(=O)OC(C)(C)C)C3)nc(N3CCCC3)nc2cc1OCc1cn(CCOCCOCCNC(=O)CCCC[C@@H]2SC[C@]3(C)NC(O)N[C@]23C)nn1. The molecule has 4 aliphatic heterocycles. The zero-order valence-corrected chi connectivity index (χ0v) is 38.6. The molecule has 2 aromatic heterocycles. The Bertz CT molecular complexity index is 2010. The van der Waals surface area contributed by atoms with E-state index in [1.165, 1.54) is 0 Å². The van der Waals surface area contributed by atoms with Crippen molar-refractivity contribution in [2.24, 2.45) is 0 Å². The molecule has 0 bridgehead atoms. The maximum Gasteiger partial charge on any atom is 0.410 e. The summed E-state index contributed by atoms with van der Waals surface area (Å²) in [6, 6.07) is 3.76. The van der Waals surface area contributed by atoms with Crippen molar-refractivity contribution in [3.8, 4) is 11.5 Å². The van der Waals surface area contributed by atoms with E-state index in [0.717, 1.165) is 62.8 Å². The minimum atomic E-state index is -0.671. The van der Waals surface area contributed by atoms with Gasteiger partial charge in [0.2, 0.25) is 11.9 Å². The summed E-state index contributed by atoms with van der Waals surface area (Å²) in [5, 5.41) is 32.9. The van der Waals surface area contributed by atoms with Crippen molar-refractivity contribution in [2.75, 3.05) is 82.2 Å². The fourth-order valence-corrected chi connectivity index (χ4v) is 10.5. The molecule has 19 nitrogen and oxygen atoms in total. The first-order valence-electron chi connectivity index (χ1n) is 22.4. The van der Waals surface area contributed by atoms with E-state index in [0.29, 0.717) is 98.8 Å². The summed E-state index contributed by atoms with van der Waals surface area (Å²) < 4.78 is 30.7. The van der Waals surface area contributed by atoms with Gasteiger partial charge in [-0.15, -0.1) is 5.10 Å². The number of likely N-dealkylation sites (tertiary alicyclic amines) is 1. The van der Waals surface area contributed by atoms with Gasteiger partial charge in [0.15, 0.2) is 17.9 Å². The molecule has 1 unspecified atom stereocenters. The van der Waals surface area contributed by atoms with Crippen LogP contribution in [-0.4, -0.2) is 153 Å². The van der Waals surface area contributed by atoms with Crippen molar-refractivity contribution >= 4 is 46.4 Å². The molecule has 3 aromatic rings. The van der Waals surface area contributed by atoms with Gasteiger partial charge in [-0.2, -0.15) is 16.7 Å². The van der Waals surface area contributed by atoms with E-state index in [4.69, 9.17) is 33.7 Å². The van der Waals surface area contributed by atoms with Crippen LogP contribution in [0, 0.1) is 0 Å². The summed E-state index contributed by atoms with van der Waals surface area (Å²) in [6.07, 6.45) is 7.07. The van der Waals surface area contributed by atoms with Crippen LogP contribution in [-0.2, 0) is 32.2 Å². The number of hydrogen-bond donors (Lipinski definition) is 5. The number of aromatic nitrogens is 5. The smallest absolute Gasteiger partial charge is 0.410 e. The summed E-state index contributed by atoms with van der Waals surface area (Å²) in [5.74, 6) is 3.38. The number of fused-ring (bicyclic) bond motifs is 2. The van der Waals surface area contributed by atoms with Gasteiger partial charge in [-0.3, -0.25) is 15.4 Å². The average Bonchev–Trinajstić information content (AvgIpc) is 4.08. The monoisotopic (exact) mass is 897 g/mol. The maximum atomic E-state index is 12.8. The van der Waals surface area contributed by atoms with Crippen molar-refractivity contribution in [3.63, 3.8) is 0 Å². The number of nitrogens with one attached hydrogen (secondary N) is 4. The van der Waals surface area contributed by atoms with Crippen molar-refractivity contribution in [3.05, 3.63) is 24.0 Å². The highest BCUT2D eigenvalue weighted by molar-refractivity contribution is 8.00. The van der Waals surface area contributed by atoms with Crippen LogP contribution in [0.1, 0.15) is 85.3 Å². The van der Waals surface area contributed by atoms with Crippen molar-refractivity contribution in [1.29, 1.82) is 0 Å². The normalized spacial score (nSPS) is 24.6. The van der Waals surface area contributed by atoms with Gasteiger partial charge in [0.25, 0.3) is 0 Å². The van der Waals surface area contributed by atoms with E-state index in [2.05, 4.69) is 50.3 Å². The van der Waals surface area contributed by atoms with Crippen LogP contribution in [0.25, 0.3) is 10.9 Å². The maximum absolute atomic E-state index is 12.8. The van der Waals surface area contributed by atoms with E-state index >= 15 is 0 Å². The number of anilines is 2. The minimum absolute atomic E-state index is 0.00820. The molecule has 63 heavy (non-hydrogen) atoms. The lowest BCUT2D eigenvalue weighted by atomic mass is 9.79. The van der Waals surface area contributed by atoms with Crippen LogP contribution in [0.2, 0.25) is 0 Å². The molecule has 348 valence electrons. The molecule has 0 radical (unpaired) electrons. The highest BCUT2D eigenvalue weighted by atomic mass is 32.2. The number of thioether (sulfide) groups is 1. The first kappa shape index (κ1) is 46.8. The molecular weight excluding hydrogens is 831 g/mol. The average molecular weight is 898 g/mol. The zero-order valence-electron chi connectivity index (χ0n) is 37.7. The predicted molar refractivity (Wildman–Crippen MR) is 240 cm³/mol. The second kappa shape index (κ2) is 20.7. The number of benzene rings is 1. The number of amides is 2. The Kier molecular flexibility index (Phi) is 15.4. The molecule has 5 N–H and O–H groups in total. The summed E-state index contributed by atoms with van der Waals surface area (Å²) in [4.78, 5) is 39.0. The molecule has 4 saturated heterocycles. The Morgan fingerprint density at radius 2 is 1.81 bits per heavy atom. The number of aliphatic hydroxyl groups is 1. The molecule has 7 rings (SSSR count). The molecule has 0 saturated carbocycles. The highest BCUT2D eigenvalue weighted by Gasteiger charge is 2.60. The third-order valence-corrected chi connectivity index (χ3v) is 14.1. The zero-order chi connectivity index (χ0) is 44.6. The fourth-order valence-electron chi connectivity index (χ4n) is 8.62. The third kappa shape index (κ3) is 11.9. The number of carbonyl (C=O) groups excluding carboxylic acids is 2. The number of methoxy groups -OCH3 is 1. The Labute approximate surface area is 374 Å². The minimum Gasteiger partial charge on any atom is -0.493 e. The van der Waals surface area contributed by atoms with E-state index in [9.17, 15) is 14.7 Å². The Morgan fingerprint density at radius 3 is 2.59 bits per heavy atom. The number of aliphatic hydroxyl groups excluding tert-OH is 1. The van der Waals surface area contributed by atoms with Gasteiger partial charge in [0.05, 0.1) is 51.8 Å². The summed E-state index contributed by atoms with van der Waals surface area (Å²) in [7, 11) is 1.60. The lowest BCUT2D eigenvalue weighted by Crippen LogP contribution is -2.58. The fraction of sp³-hybridized carbons (Fsp3) is 0.721. The topological polar surface area (TPSA) is 212 Å². The lowest BCUT2D eigenvalue weighted by Gasteiger charge is -2.36. The van der Waals surface area contributed by atoms with Crippen LogP contribution >= 0.6 is 11.8 Å². The van der Waals surface area contributed by atoms with Crippen LogP contribution in [0.5, 0.6) is 11.5 Å². The van der Waals surface area contributed by atoms with Gasteiger partial charge in [0, 0.05) is 78.7 Å². The lowest BCUT2D eigenvalue weighted by molar-refractivity contribution is -0.121. The molecule has 4 fully saturated rings. The number of rotatable bonds is 21. The van der Waals surface area contributed by atoms with Crippen molar-refractivity contribution in [1.82, 2.24) is 45.8 Å². The highest BCUT2D eigenvalue weighted by Crippen LogP contribution is 2.48. The second-order valence-electron chi connectivity index (χ2n) is 18.3. The second-order valence-corrected chi connectivity index (χ2v) is 19.4. The number of ether oxygens (including phenoxy) is 5. The van der Waals surface area contributed by atoms with E-state index < -0.39 is 12.0 Å². The van der Waals surface area contributed by atoms with E-state index in [1.54, 1.807) is 16.7 Å². The molecule has 4 aliphatic rings. The first-order valence-corrected chi connectivity index (χ1v) is 23.4. The Hall–Kier alpha value is -4.21. The first-order chi connectivity index (χ1) is 30.2. The number of nitrogens with zero attached hydrogens (tertiary/aromatic N) is 7. The van der Waals surface area contributed by atoms with Crippen LogP contribution in [0.4, 0.5) is 16.6 Å². The van der Waals surface area contributed by atoms with Gasteiger partial charge in [0.1, 0.15) is 23.7 Å². The molecule has 6 heterocycles. The van der Waals surface area contributed by atoms with Gasteiger partial charge < -0.3 is 49.2 Å². The largest absolute Gasteiger partial charge is 0.493 e. The van der Waals surface area contributed by atoms with E-state index in [-0.39, 0.29) is 35.7 Å². The molecule has 1 aromatic carbocycles. The van der Waals surface area contributed by atoms with Crippen LogP contribution < -0.4 is 35.6 Å².